The van der Waals surface area contributed by atoms with Gasteiger partial charge in [-0.15, -0.1) is 0 Å². The number of fused-ring (bicyclic) bond motifs is 1. The van der Waals surface area contributed by atoms with Gasteiger partial charge in [0.2, 0.25) is 10.0 Å². The third kappa shape index (κ3) is 4.12. The molecule has 1 N–H and O–H groups in total. The zero-order valence-electron chi connectivity index (χ0n) is 15.1. The standard InChI is InChI=1S/C20H21N3O3S/c1-2-12-27(25,26)23-11-3-4-17-13-18(9-10-19(17)23)22-20(24)16-7-5-15(14-21)6-8-16/h5-10,13H,2-4,11-12H2,1H3,(H,22,24). The van der Waals surface area contributed by atoms with Crippen LogP contribution in [0.3, 0.4) is 0 Å². The van der Waals surface area contributed by atoms with Crippen molar-refractivity contribution >= 4 is 27.3 Å². The molecule has 0 bridgehead atoms. The molecule has 0 atom stereocenters. The highest BCUT2D eigenvalue weighted by Gasteiger charge is 2.26. The molecule has 2 aromatic carbocycles. The molecule has 1 amide bonds. The van der Waals surface area contributed by atoms with E-state index in [0.717, 1.165) is 18.4 Å². The van der Waals surface area contributed by atoms with Gasteiger partial charge < -0.3 is 5.32 Å². The van der Waals surface area contributed by atoms with E-state index in [9.17, 15) is 13.2 Å². The highest BCUT2D eigenvalue weighted by atomic mass is 32.2. The Bertz CT molecular complexity index is 992. The van der Waals surface area contributed by atoms with Crippen LogP contribution in [0.5, 0.6) is 0 Å². The molecule has 3 rings (SSSR count). The van der Waals surface area contributed by atoms with Crippen molar-refractivity contribution < 1.29 is 13.2 Å². The smallest absolute Gasteiger partial charge is 0.255 e. The lowest BCUT2D eigenvalue weighted by Crippen LogP contribution is -2.37. The van der Waals surface area contributed by atoms with E-state index in [2.05, 4.69) is 5.32 Å². The second-order valence-electron chi connectivity index (χ2n) is 6.48. The number of hydrogen-bond acceptors (Lipinski definition) is 4. The van der Waals surface area contributed by atoms with Gasteiger partial charge in [-0.25, -0.2) is 8.42 Å². The van der Waals surface area contributed by atoms with Crippen molar-refractivity contribution in [3.63, 3.8) is 0 Å². The maximum atomic E-state index is 12.5. The average Bonchev–Trinajstić information content (AvgIpc) is 2.67. The third-order valence-corrected chi connectivity index (χ3v) is 6.46. The minimum atomic E-state index is -3.31. The molecule has 0 radical (unpaired) electrons. The minimum absolute atomic E-state index is 0.129. The molecular formula is C20H21N3O3S. The topological polar surface area (TPSA) is 90.3 Å². The van der Waals surface area contributed by atoms with E-state index in [1.165, 1.54) is 4.31 Å². The first-order valence-electron chi connectivity index (χ1n) is 8.89. The van der Waals surface area contributed by atoms with Gasteiger partial charge in [-0.1, -0.05) is 6.92 Å². The second-order valence-corrected chi connectivity index (χ2v) is 8.49. The van der Waals surface area contributed by atoms with Crippen LogP contribution in [0.1, 0.15) is 41.3 Å². The molecule has 6 nitrogen and oxygen atoms in total. The van der Waals surface area contributed by atoms with Crippen LogP contribution in [-0.2, 0) is 16.4 Å². The molecule has 0 fully saturated rings. The molecule has 0 saturated carbocycles. The van der Waals surface area contributed by atoms with E-state index in [-0.39, 0.29) is 11.7 Å². The van der Waals surface area contributed by atoms with Gasteiger partial charge in [0.05, 0.1) is 23.1 Å². The molecule has 7 heteroatoms. The molecule has 140 valence electrons. The Labute approximate surface area is 159 Å². The Morgan fingerprint density at radius 2 is 1.96 bits per heavy atom. The van der Waals surface area contributed by atoms with Crippen LogP contribution < -0.4 is 9.62 Å². The van der Waals surface area contributed by atoms with Gasteiger partial charge in [0, 0.05) is 17.8 Å². The van der Waals surface area contributed by atoms with Gasteiger partial charge in [-0.3, -0.25) is 9.10 Å². The molecule has 1 heterocycles. The van der Waals surface area contributed by atoms with E-state index < -0.39 is 10.0 Å². The lowest BCUT2D eigenvalue weighted by atomic mass is 10.0. The van der Waals surface area contributed by atoms with Gasteiger partial charge in [0.1, 0.15) is 0 Å². The molecule has 0 spiro atoms. The van der Waals surface area contributed by atoms with Crippen molar-refractivity contribution in [2.45, 2.75) is 26.2 Å². The molecule has 1 aliphatic rings. The highest BCUT2D eigenvalue weighted by Crippen LogP contribution is 2.32. The number of hydrogen-bond donors (Lipinski definition) is 1. The van der Waals surface area contributed by atoms with Gasteiger partial charge in [0.15, 0.2) is 0 Å². The largest absolute Gasteiger partial charge is 0.322 e. The Morgan fingerprint density at radius 3 is 2.63 bits per heavy atom. The number of nitrogens with one attached hydrogen (secondary N) is 1. The molecule has 27 heavy (non-hydrogen) atoms. The number of sulfonamides is 1. The van der Waals surface area contributed by atoms with E-state index in [4.69, 9.17) is 5.26 Å². The zero-order chi connectivity index (χ0) is 19.4. The fraction of sp³-hybridized carbons (Fsp3) is 0.300. The first-order chi connectivity index (χ1) is 12.9. The Morgan fingerprint density at radius 1 is 1.22 bits per heavy atom. The summed E-state index contributed by atoms with van der Waals surface area (Å²) in [5.74, 6) is -0.144. The number of nitriles is 1. The van der Waals surface area contributed by atoms with Crippen LogP contribution in [-0.4, -0.2) is 26.6 Å². The first kappa shape index (κ1) is 18.9. The molecule has 0 saturated heterocycles. The highest BCUT2D eigenvalue weighted by molar-refractivity contribution is 7.92. The Hall–Kier alpha value is -2.85. The minimum Gasteiger partial charge on any atom is -0.322 e. The maximum absolute atomic E-state index is 12.5. The molecule has 0 aliphatic carbocycles. The van der Waals surface area contributed by atoms with Crippen LogP contribution in [0.4, 0.5) is 11.4 Å². The van der Waals surface area contributed by atoms with Crippen LogP contribution in [0.15, 0.2) is 42.5 Å². The summed E-state index contributed by atoms with van der Waals surface area (Å²) in [7, 11) is -3.31. The Balaban J connectivity index is 1.81. The number of nitrogens with zero attached hydrogens (tertiary/aromatic N) is 2. The molecule has 0 aromatic heterocycles. The first-order valence-corrected chi connectivity index (χ1v) is 10.5. The molecular weight excluding hydrogens is 362 g/mol. The van der Waals surface area contributed by atoms with Crippen molar-refractivity contribution in [1.29, 1.82) is 5.26 Å². The van der Waals surface area contributed by atoms with E-state index >= 15 is 0 Å². The summed E-state index contributed by atoms with van der Waals surface area (Å²) >= 11 is 0. The number of carbonyl (C=O) groups is 1. The normalized spacial score (nSPS) is 13.6. The fourth-order valence-corrected chi connectivity index (χ4v) is 4.82. The van der Waals surface area contributed by atoms with Crippen LogP contribution in [0.25, 0.3) is 0 Å². The molecule has 2 aromatic rings. The van der Waals surface area contributed by atoms with Crippen molar-refractivity contribution in [3.05, 3.63) is 59.2 Å². The van der Waals surface area contributed by atoms with E-state index in [1.54, 1.807) is 36.4 Å². The van der Waals surface area contributed by atoms with Crippen molar-refractivity contribution in [2.75, 3.05) is 21.9 Å². The zero-order valence-corrected chi connectivity index (χ0v) is 15.9. The van der Waals surface area contributed by atoms with Crippen molar-refractivity contribution in [3.8, 4) is 6.07 Å². The Kier molecular flexibility index (Phi) is 5.47. The summed E-state index contributed by atoms with van der Waals surface area (Å²) in [5, 5.41) is 11.7. The van der Waals surface area contributed by atoms with Crippen molar-refractivity contribution in [2.24, 2.45) is 0 Å². The van der Waals surface area contributed by atoms with Gasteiger partial charge in [0.25, 0.3) is 5.91 Å². The second kappa shape index (κ2) is 7.80. The number of aryl methyl sites for hydroxylation is 1. The number of anilines is 2. The fourth-order valence-electron chi connectivity index (χ4n) is 3.20. The maximum Gasteiger partial charge on any atom is 0.255 e. The molecule has 0 unspecified atom stereocenters. The lowest BCUT2D eigenvalue weighted by Gasteiger charge is -2.30. The quantitative estimate of drug-likeness (QED) is 0.858. The van der Waals surface area contributed by atoms with Crippen LogP contribution >= 0.6 is 0 Å². The number of carbonyl (C=O) groups excluding carboxylic acids is 1. The van der Waals surface area contributed by atoms with Crippen LogP contribution in [0, 0.1) is 11.3 Å². The predicted octanol–water partition coefficient (Wildman–Crippen LogP) is 3.30. The summed E-state index contributed by atoms with van der Waals surface area (Å²) in [4.78, 5) is 12.4. The summed E-state index contributed by atoms with van der Waals surface area (Å²) in [6.07, 6.45) is 2.10. The van der Waals surface area contributed by atoms with Crippen LogP contribution in [0.2, 0.25) is 0 Å². The van der Waals surface area contributed by atoms with Gasteiger partial charge in [-0.2, -0.15) is 5.26 Å². The van der Waals surface area contributed by atoms with Gasteiger partial charge >= 0.3 is 0 Å². The molecule has 1 aliphatic heterocycles. The van der Waals surface area contributed by atoms with E-state index in [1.807, 2.05) is 19.1 Å². The average molecular weight is 383 g/mol. The van der Waals surface area contributed by atoms with Crippen molar-refractivity contribution in [1.82, 2.24) is 0 Å². The summed E-state index contributed by atoms with van der Waals surface area (Å²) < 4.78 is 26.5. The predicted molar refractivity (Wildman–Crippen MR) is 105 cm³/mol. The summed E-state index contributed by atoms with van der Waals surface area (Å²) in [6, 6.07) is 13.7. The summed E-state index contributed by atoms with van der Waals surface area (Å²) in [6.45, 7) is 2.34. The number of amides is 1. The number of benzene rings is 2. The summed E-state index contributed by atoms with van der Waals surface area (Å²) in [5.41, 5.74) is 3.19. The lowest BCUT2D eigenvalue weighted by molar-refractivity contribution is 0.102. The number of rotatable bonds is 5. The monoisotopic (exact) mass is 383 g/mol. The van der Waals surface area contributed by atoms with Gasteiger partial charge in [-0.05, 0) is 67.3 Å². The van der Waals surface area contributed by atoms with E-state index in [0.29, 0.717) is 35.5 Å². The SMILES string of the molecule is CCCS(=O)(=O)N1CCCc2cc(NC(=O)c3ccc(C#N)cc3)ccc21. The third-order valence-electron chi connectivity index (χ3n) is 4.49.